The van der Waals surface area contributed by atoms with E-state index in [0.717, 1.165) is 6.26 Å². The van der Waals surface area contributed by atoms with Gasteiger partial charge in [0.05, 0.1) is 17.2 Å². The molecule has 0 saturated heterocycles. The molecule has 0 radical (unpaired) electrons. The molecule has 2 aliphatic rings. The van der Waals surface area contributed by atoms with E-state index < -0.39 is 27.1 Å². The summed E-state index contributed by atoms with van der Waals surface area (Å²) in [6.45, 7) is 0.0739. The van der Waals surface area contributed by atoms with Crippen LogP contribution in [0.5, 0.6) is 5.75 Å². The number of rotatable bonds is 2. The molecular weight excluding hydrogens is 438 g/mol. The molecule has 168 valence electrons. The number of hydrogen-bond acceptors (Lipinski definition) is 5. The van der Waals surface area contributed by atoms with Gasteiger partial charge in [0, 0.05) is 11.6 Å². The fraction of sp³-hybridized carbons (Fsp3) is 0.348. The Labute approximate surface area is 184 Å². The standard InChI is InChI=1S/C23H22F2N2O4S/c1-32(28,29)27-15-8-9-23(11-15)10-14-6-7-18(24)20(21(14)25)17-4-2-3-5-19(17)30-12-16-13-31-22(23)26-16/h2-7,13,15,27H,8-12H2,1H3/t15-,23+/m0/s1. The largest absolute Gasteiger partial charge is 0.487 e. The molecule has 4 bridgehead atoms. The molecule has 2 atom stereocenters. The third-order valence-electron chi connectivity index (χ3n) is 6.23. The Bertz CT molecular complexity index is 1290. The lowest BCUT2D eigenvalue weighted by molar-refractivity contribution is 0.301. The molecule has 1 aliphatic carbocycles. The Balaban J connectivity index is 1.65. The van der Waals surface area contributed by atoms with Gasteiger partial charge >= 0.3 is 0 Å². The number of nitrogens with zero attached hydrogens (tertiary/aromatic N) is 1. The van der Waals surface area contributed by atoms with Crippen LogP contribution < -0.4 is 9.46 Å². The van der Waals surface area contributed by atoms with Crippen LogP contribution in [0.1, 0.15) is 36.4 Å². The van der Waals surface area contributed by atoms with Crippen molar-refractivity contribution in [3.05, 3.63) is 71.4 Å². The lowest BCUT2D eigenvalue weighted by atomic mass is 9.79. The van der Waals surface area contributed by atoms with Gasteiger partial charge in [-0.15, -0.1) is 0 Å². The molecule has 1 spiro atoms. The molecule has 1 aromatic heterocycles. The third-order valence-corrected chi connectivity index (χ3v) is 6.99. The van der Waals surface area contributed by atoms with E-state index in [4.69, 9.17) is 9.15 Å². The molecule has 1 aliphatic heterocycles. The zero-order valence-corrected chi connectivity index (χ0v) is 18.2. The second-order valence-corrected chi connectivity index (χ2v) is 10.4. The highest BCUT2D eigenvalue weighted by Gasteiger charge is 2.46. The summed E-state index contributed by atoms with van der Waals surface area (Å²) in [5, 5.41) is 0. The molecule has 2 aromatic carbocycles. The van der Waals surface area contributed by atoms with Crippen LogP contribution in [-0.4, -0.2) is 25.7 Å². The maximum absolute atomic E-state index is 15.7. The van der Waals surface area contributed by atoms with E-state index in [-0.39, 0.29) is 24.6 Å². The van der Waals surface area contributed by atoms with Crippen molar-refractivity contribution in [1.82, 2.24) is 9.71 Å². The second-order valence-electron chi connectivity index (χ2n) is 8.61. The van der Waals surface area contributed by atoms with Crippen LogP contribution in [0.4, 0.5) is 8.78 Å². The molecule has 2 heterocycles. The van der Waals surface area contributed by atoms with Gasteiger partial charge in [0.1, 0.15) is 35.9 Å². The fourth-order valence-corrected chi connectivity index (χ4v) is 5.68. The normalized spacial score (nSPS) is 22.7. The average Bonchev–Trinajstić information content (AvgIpc) is 3.36. The van der Waals surface area contributed by atoms with Gasteiger partial charge in [0.25, 0.3) is 0 Å². The lowest BCUT2D eigenvalue weighted by Gasteiger charge is -2.27. The van der Waals surface area contributed by atoms with Crippen molar-refractivity contribution < 1.29 is 26.4 Å². The van der Waals surface area contributed by atoms with Crippen LogP contribution in [0.15, 0.2) is 47.1 Å². The minimum absolute atomic E-state index is 0.0739. The van der Waals surface area contributed by atoms with Gasteiger partial charge in [-0.05, 0) is 43.4 Å². The summed E-state index contributed by atoms with van der Waals surface area (Å²) < 4.78 is 68.4. The van der Waals surface area contributed by atoms with Gasteiger partial charge in [0.2, 0.25) is 15.9 Å². The van der Waals surface area contributed by atoms with E-state index in [0.29, 0.717) is 47.7 Å². The van der Waals surface area contributed by atoms with E-state index in [9.17, 15) is 12.8 Å². The molecule has 3 aromatic rings. The Morgan fingerprint density at radius 3 is 2.81 bits per heavy atom. The number of nitrogens with one attached hydrogen (secondary N) is 1. The number of halogens is 2. The molecule has 6 nitrogen and oxygen atoms in total. The molecule has 32 heavy (non-hydrogen) atoms. The average molecular weight is 461 g/mol. The molecule has 1 fully saturated rings. The van der Waals surface area contributed by atoms with E-state index in [1.165, 1.54) is 18.4 Å². The first-order chi connectivity index (χ1) is 15.2. The summed E-state index contributed by atoms with van der Waals surface area (Å²) in [6, 6.07) is 9.09. The van der Waals surface area contributed by atoms with Crippen molar-refractivity contribution >= 4 is 10.0 Å². The highest BCUT2D eigenvalue weighted by atomic mass is 32.2. The van der Waals surface area contributed by atoms with Crippen molar-refractivity contribution in [2.75, 3.05) is 6.26 Å². The molecule has 0 unspecified atom stereocenters. The first-order valence-electron chi connectivity index (χ1n) is 10.4. The van der Waals surface area contributed by atoms with Gasteiger partial charge in [-0.2, -0.15) is 0 Å². The van der Waals surface area contributed by atoms with Gasteiger partial charge in [0.15, 0.2) is 0 Å². The highest BCUT2D eigenvalue weighted by molar-refractivity contribution is 7.88. The molecule has 1 N–H and O–H groups in total. The maximum Gasteiger partial charge on any atom is 0.208 e. The third kappa shape index (κ3) is 3.80. The first-order valence-corrected chi connectivity index (χ1v) is 12.2. The van der Waals surface area contributed by atoms with Gasteiger partial charge in [-0.3, -0.25) is 0 Å². The SMILES string of the molecule is CS(=O)(=O)N[C@H]1CC[C@@]2(Cc3ccc(F)c(c3F)-c3ccccc3OCc3coc2n3)C1. The summed E-state index contributed by atoms with van der Waals surface area (Å²) in [5.74, 6) is -0.576. The summed E-state index contributed by atoms with van der Waals surface area (Å²) in [5.41, 5.74) is 0.331. The van der Waals surface area contributed by atoms with E-state index in [2.05, 4.69) is 9.71 Å². The summed E-state index contributed by atoms with van der Waals surface area (Å²) in [4.78, 5) is 4.60. The number of benzene rings is 2. The molecule has 5 rings (SSSR count). The zero-order valence-electron chi connectivity index (χ0n) is 17.4. The Kier molecular flexibility index (Phi) is 5.05. The summed E-state index contributed by atoms with van der Waals surface area (Å²) in [6.07, 6.45) is 4.31. The van der Waals surface area contributed by atoms with Crippen molar-refractivity contribution in [2.45, 2.75) is 43.7 Å². The molecule has 1 saturated carbocycles. The predicted octanol–water partition coefficient (Wildman–Crippen LogP) is 4.09. The van der Waals surface area contributed by atoms with Gasteiger partial charge in [-0.25, -0.2) is 26.9 Å². The van der Waals surface area contributed by atoms with Crippen LogP contribution in [0.3, 0.4) is 0 Å². The molecular formula is C23H22F2N2O4S. The highest BCUT2D eigenvalue weighted by Crippen LogP contribution is 2.45. The van der Waals surface area contributed by atoms with E-state index in [1.807, 2.05) is 0 Å². The first kappa shape index (κ1) is 21.1. The number of oxazole rings is 1. The van der Waals surface area contributed by atoms with Crippen molar-refractivity contribution in [1.29, 1.82) is 0 Å². The smallest absolute Gasteiger partial charge is 0.208 e. The topological polar surface area (TPSA) is 81.4 Å². The van der Waals surface area contributed by atoms with Crippen LogP contribution >= 0.6 is 0 Å². The summed E-state index contributed by atoms with van der Waals surface area (Å²) in [7, 11) is -3.41. The number of para-hydroxylation sites is 1. The zero-order chi connectivity index (χ0) is 22.5. The number of ether oxygens (including phenoxy) is 1. The van der Waals surface area contributed by atoms with Gasteiger partial charge in [-0.1, -0.05) is 24.3 Å². The predicted molar refractivity (Wildman–Crippen MR) is 114 cm³/mol. The number of sulfonamides is 1. The Hall–Kier alpha value is -2.78. The summed E-state index contributed by atoms with van der Waals surface area (Å²) >= 11 is 0. The van der Waals surface area contributed by atoms with E-state index >= 15 is 4.39 Å². The lowest BCUT2D eigenvalue weighted by Crippen LogP contribution is -2.35. The molecule has 0 amide bonds. The van der Waals surface area contributed by atoms with Crippen LogP contribution in [0, 0.1) is 11.6 Å². The minimum atomic E-state index is -3.41. The fourth-order valence-electron chi connectivity index (χ4n) is 4.87. The van der Waals surface area contributed by atoms with E-state index in [1.54, 1.807) is 24.3 Å². The van der Waals surface area contributed by atoms with Gasteiger partial charge < -0.3 is 9.15 Å². The minimum Gasteiger partial charge on any atom is -0.487 e. The number of hydrogen-bond donors (Lipinski definition) is 1. The maximum atomic E-state index is 15.7. The van der Waals surface area contributed by atoms with Crippen molar-refractivity contribution in [2.24, 2.45) is 0 Å². The van der Waals surface area contributed by atoms with Crippen LogP contribution in [-0.2, 0) is 28.5 Å². The number of aromatic nitrogens is 1. The van der Waals surface area contributed by atoms with Crippen molar-refractivity contribution in [3.8, 4) is 16.9 Å². The second kappa shape index (κ2) is 7.67. The quantitative estimate of drug-likeness (QED) is 0.623. The van der Waals surface area contributed by atoms with Crippen LogP contribution in [0.25, 0.3) is 11.1 Å². The Morgan fingerprint density at radius 2 is 2.00 bits per heavy atom. The monoisotopic (exact) mass is 460 g/mol. The van der Waals surface area contributed by atoms with Crippen molar-refractivity contribution in [3.63, 3.8) is 0 Å². The Morgan fingerprint density at radius 1 is 1.19 bits per heavy atom. The molecule has 9 heteroatoms. The van der Waals surface area contributed by atoms with Crippen LogP contribution in [0.2, 0.25) is 0 Å². The number of fused-ring (bicyclic) bond motifs is 7.